The fourth-order valence-corrected chi connectivity index (χ4v) is 4.12. The molecule has 0 aromatic heterocycles. The second-order valence-corrected chi connectivity index (χ2v) is 9.20. The van der Waals surface area contributed by atoms with E-state index in [1.54, 1.807) is 24.3 Å². The van der Waals surface area contributed by atoms with Crippen LogP contribution in [0.5, 0.6) is 5.75 Å². The first kappa shape index (κ1) is 27.7. The Labute approximate surface area is 210 Å². The molecule has 0 amide bonds. The van der Waals surface area contributed by atoms with Gasteiger partial charge < -0.3 is 4.74 Å². The third kappa shape index (κ3) is 8.35. The Hall–Kier alpha value is -2.89. The van der Waals surface area contributed by atoms with Crippen LogP contribution in [0.2, 0.25) is 0 Å². The van der Waals surface area contributed by atoms with Crippen LogP contribution in [0.1, 0.15) is 74.1 Å². The summed E-state index contributed by atoms with van der Waals surface area (Å²) >= 11 is 0. The van der Waals surface area contributed by atoms with Crippen LogP contribution < -0.4 is 4.74 Å². The lowest BCUT2D eigenvalue weighted by Crippen LogP contribution is -2.21. The highest BCUT2D eigenvalue weighted by Crippen LogP contribution is 2.32. The molecule has 0 aliphatic heterocycles. The number of hydrogen-bond acceptors (Lipinski definition) is 1. The molecule has 0 saturated heterocycles. The average Bonchev–Trinajstić information content (AvgIpc) is 2.86. The van der Waals surface area contributed by atoms with E-state index in [-0.39, 0.29) is 17.7 Å². The van der Waals surface area contributed by atoms with E-state index in [2.05, 4.69) is 6.92 Å². The molecule has 0 fully saturated rings. The summed E-state index contributed by atoms with van der Waals surface area (Å²) in [5.41, 5.74) is 1.91. The van der Waals surface area contributed by atoms with E-state index in [1.807, 2.05) is 0 Å². The van der Waals surface area contributed by atoms with Crippen LogP contribution >= 0.6 is 0 Å². The van der Waals surface area contributed by atoms with Gasteiger partial charge in [0.05, 0.1) is 5.56 Å². The van der Waals surface area contributed by atoms with E-state index in [9.17, 15) is 22.0 Å². The second kappa shape index (κ2) is 13.4. The third-order valence-corrected chi connectivity index (χ3v) is 6.27. The summed E-state index contributed by atoms with van der Waals surface area (Å²) in [5, 5.41) is 0. The molecule has 0 aliphatic rings. The fraction of sp³-hybridized carbons (Fsp3) is 0.400. The maximum Gasteiger partial charge on any atom is 0.426 e. The molecular weight excluding hydrogens is 471 g/mol. The predicted octanol–water partition coefficient (Wildman–Crippen LogP) is 9.31. The van der Waals surface area contributed by atoms with Gasteiger partial charge >= 0.3 is 6.11 Å². The summed E-state index contributed by atoms with van der Waals surface area (Å²) in [6.45, 7) is 2.20. The summed E-state index contributed by atoms with van der Waals surface area (Å²) < 4.78 is 74.1. The Morgan fingerprint density at radius 2 is 1.11 bits per heavy atom. The quantitative estimate of drug-likeness (QED) is 0.121. The van der Waals surface area contributed by atoms with Crippen molar-refractivity contribution in [3.8, 4) is 5.75 Å². The summed E-state index contributed by atoms with van der Waals surface area (Å²) in [5.74, 6) is -3.96. The summed E-state index contributed by atoms with van der Waals surface area (Å²) in [6, 6.07) is 14.3. The number of hydrogen-bond donors (Lipinski definition) is 0. The van der Waals surface area contributed by atoms with Gasteiger partial charge in [-0.15, -0.1) is 0 Å². The SMILES string of the molecule is CCCCCCCCCc1ccc(C(F)(F)Oc2ccc(CCc3cc(F)c(F)c(F)c3)cc2)cc1. The number of alkyl halides is 2. The molecule has 0 spiro atoms. The first-order valence-corrected chi connectivity index (χ1v) is 12.7. The zero-order valence-corrected chi connectivity index (χ0v) is 20.6. The minimum Gasteiger partial charge on any atom is -0.429 e. The zero-order chi connectivity index (χ0) is 26.0. The van der Waals surface area contributed by atoms with E-state index in [4.69, 9.17) is 4.74 Å². The van der Waals surface area contributed by atoms with E-state index in [0.29, 0.717) is 12.0 Å². The molecule has 0 radical (unpaired) electrons. The highest BCUT2D eigenvalue weighted by Gasteiger charge is 2.34. The smallest absolute Gasteiger partial charge is 0.426 e. The lowest BCUT2D eigenvalue weighted by Gasteiger charge is -2.19. The Bertz CT molecular complexity index is 1050. The molecule has 0 aliphatic carbocycles. The number of ether oxygens (including phenoxy) is 1. The van der Waals surface area contributed by atoms with E-state index in [0.717, 1.165) is 42.5 Å². The molecule has 0 unspecified atom stereocenters. The van der Waals surface area contributed by atoms with Crippen molar-refractivity contribution in [1.29, 1.82) is 0 Å². The molecule has 3 aromatic carbocycles. The van der Waals surface area contributed by atoms with E-state index in [1.165, 1.54) is 56.4 Å². The fourth-order valence-electron chi connectivity index (χ4n) is 4.12. The molecule has 36 heavy (non-hydrogen) atoms. The molecule has 3 rings (SSSR count). The maximum absolute atomic E-state index is 14.7. The van der Waals surface area contributed by atoms with Crippen LogP contribution in [-0.2, 0) is 25.4 Å². The van der Waals surface area contributed by atoms with Crippen molar-refractivity contribution in [2.45, 2.75) is 77.2 Å². The molecule has 3 aromatic rings. The third-order valence-electron chi connectivity index (χ3n) is 6.27. The molecule has 0 atom stereocenters. The topological polar surface area (TPSA) is 9.23 Å². The molecule has 0 saturated carbocycles. The molecule has 0 N–H and O–H groups in total. The maximum atomic E-state index is 14.7. The van der Waals surface area contributed by atoms with Crippen molar-refractivity contribution in [2.75, 3.05) is 0 Å². The second-order valence-electron chi connectivity index (χ2n) is 9.20. The van der Waals surface area contributed by atoms with Crippen molar-refractivity contribution >= 4 is 0 Å². The van der Waals surface area contributed by atoms with Gasteiger partial charge in [-0.2, -0.15) is 8.78 Å². The van der Waals surface area contributed by atoms with E-state index >= 15 is 0 Å². The summed E-state index contributed by atoms with van der Waals surface area (Å²) in [4.78, 5) is 0. The van der Waals surface area contributed by atoms with Crippen LogP contribution in [0.3, 0.4) is 0 Å². The highest BCUT2D eigenvalue weighted by molar-refractivity contribution is 5.31. The normalized spacial score (nSPS) is 11.6. The number of unbranched alkanes of at least 4 members (excludes halogenated alkanes) is 6. The zero-order valence-electron chi connectivity index (χ0n) is 20.6. The number of aryl methyl sites for hydroxylation is 3. The number of halogens is 5. The van der Waals surface area contributed by atoms with Gasteiger partial charge in [-0.1, -0.05) is 69.7 Å². The summed E-state index contributed by atoms with van der Waals surface area (Å²) in [6.07, 6.45) is 6.54. The molecule has 194 valence electrons. The molecule has 0 heterocycles. The Morgan fingerprint density at radius 1 is 0.611 bits per heavy atom. The van der Waals surface area contributed by atoms with Gasteiger partial charge in [0.15, 0.2) is 17.5 Å². The molecule has 6 heteroatoms. The van der Waals surface area contributed by atoms with Gasteiger partial charge in [-0.25, -0.2) is 13.2 Å². The molecular formula is C30H33F5O. The van der Waals surface area contributed by atoms with Crippen molar-refractivity contribution in [3.05, 3.63) is 100 Å². The van der Waals surface area contributed by atoms with Crippen LogP contribution in [0.15, 0.2) is 60.7 Å². The standard InChI is InChI=1S/C30H33F5O/c1-2-3-4-5-6-7-8-9-22-12-16-25(17-13-22)30(34,35)36-26-18-14-23(15-19-26)10-11-24-20-27(31)29(33)28(32)21-24/h12-21H,2-11H2,1H3. The van der Waals surface area contributed by atoms with Gasteiger partial charge in [0, 0.05) is 0 Å². The Kier molecular flexibility index (Phi) is 10.3. The first-order valence-electron chi connectivity index (χ1n) is 12.7. The van der Waals surface area contributed by atoms with Crippen LogP contribution in [-0.4, -0.2) is 0 Å². The van der Waals surface area contributed by atoms with Gasteiger partial charge in [-0.05, 0) is 78.8 Å². The van der Waals surface area contributed by atoms with Gasteiger partial charge in [0.2, 0.25) is 0 Å². The Morgan fingerprint density at radius 3 is 1.72 bits per heavy atom. The van der Waals surface area contributed by atoms with Crippen LogP contribution in [0.25, 0.3) is 0 Å². The van der Waals surface area contributed by atoms with E-state index < -0.39 is 23.6 Å². The van der Waals surface area contributed by atoms with Gasteiger partial charge in [0.25, 0.3) is 0 Å². The largest absolute Gasteiger partial charge is 0.429 e. The lowest BCUT2D eigenvalue weighted by atomic mass is 10.0. The summed E-state index contributed by atoms with van der Waals surface area (Å²) in [7, 11) is 0. The minimum atomic E-state index is -3.48. The highest BCUT2D eigenvalue weighted by atomic mass is 19.3. The Balaban J connectivity index is 1.48. The number of benzene rings is 3. The van der Waals surface area contributed by atoms with Crippen molar-refractivity contribution in [3.63, 3.8) is 0 Å². The predicted molar refractivity (Wildman–Crippen MR) is 133 cm³/mol. The van der Waals surface area contributed by atoms with Crippen LogP contribution in [0.4, 0.5) is 22.0 Å². The molecule has 1 nitrogen and oxygen atoms in total. The monoisotopic (exact) mass is 504 g/mol. The first-order chi connectivity index (χ1) is 17.3. The van der Waals surface area contributed by atoms with Crippen molar-refractivity contribution < 1.29 is 26.7 Å². The lowest BCUT2D eigenvalue weighted by molar-refractivity contribution is -0.185. The van der Waals surface area contributed by atoms with Crippen LogP contribution in [0, 0.1) is 17.5 Å². The van der Waals surface area contributed by atoms with Crippen molar-refractivity contribution in [2.24, 2.45) is 0 Å². The van der Waals surface area contributed by atoms with Gasteiger partial charge in [-0.3, -0.25) is 0 Å². The van der Waals surface area contributed by atoms with Crippen molar-refractivity contribution in [1.82, 2.24) is 0 Å². The van der Waals surface area contributed by atoms with Gasteiger partial charge in [0.1, 0.15) is 5.75 Å². The molecule has 0 bridgehead atoms. The minimum absolute atomic E-state index is 0.00905. The number of rotatable bonds is 14. The average molecular weight is 505 g/mol.